The van der Waals surface area contributed by atoms with Crippen LogP contribution in [0.25, 0.3) is 0 Å². The largest absolute Gasteiger partial charge is 0.396 e. The molecule has 1 unspecified atom stereocenters. The molecule has 0 aromatic carbocycles. The highest BCUT2D eigenvalue weighted by Gasteiger charge is 2.25. The van der Waals surface area contributed by atoms with Crippen LogP contribution in [0.3, 0.4) is 0 Å². The molecule has 0 radical (unpaired) electrons. The van der Waals surface area contributed by atoms with E-state index in [2.05, 4.69) is 25.4 Å². The number of carbonyl (C=O) groups is 1. The van der Waals surface area contributed by atoms with E-state index in [0.29, 0.717) is 6.54 Å². The van der Waals surface area contributed by atoms with Gasteiger partial charge in [0.15, 0.2) is 5.82 Å². The van der Waals surface area contributed by atoms with E-state index < -0.39 is 0 Å². The zero-order chi connectivity index (χ0) is 16.2. The fourth-order valence-electron chi connectivity index (χ4n) is 2.71. The van der Waals surface area contributed by atoms with E-state index in [-0.39, 0.29) is 24.1 Å². The maximum Gasteiger partial charge on any atom is 0.315 e. The van der Waals surface area contributed by atoms with Gasteiger partial charge in [-0.05, 0) is 38.0 Å². The molecule has 0 bridgehead atoms. The van der Waals surface area contributed by atoms with Crippen molar-refractivity contribution in [3.8, 4) is 0 Å². The van der Waals surface area contributed by atoms with Crippen molar-refractivity contribution in [3.63, 3.8) is 0 Å². The van der Waals surface area contributed by atoms with Crippen LogP contribution in [0.1, 0.15) is 57.2 Å². The molecule has 0 aliphatic carbocycles. The molecule has 3 N–H and O–H groups in total. The van der Waals surface area contributed by atoms with E-state index in [1.807, 2.05) is 20.8 Å². The molecule has 1 atom stereocenters. The molecule has 1 aliphatic rings. The fraction of sp³-hybridized carbons (Fsp3) is 0.800. The topological polar surface area (TPSA) is 92.1 Å². The molecule has 1 aromatic heterocycles. The van der Waals surface area contributed by atoms with Crippen molar-refractivity contribution in [2.45, 2.75) is 59.0 Å². The van der Waals surface area contributed by atoms with Gasteiger partial charge >= 0.3 is 6.03 Å². The minimum Gasteiger partial charge on any atom is -0.396 e. The van der Waals surface area contributed by atoms with Gasteiger partial charge in [0.1, 0.15) is 5.82 Å². The third kappa shape index (κ3) is 4.19. The van der Waals surface area contributed by atoms with Crippen molar-refractivity contribution >= 4 is 6.03 Å². The minimum atomic E-state index is -0.166. The van der Waals surface area contributed by atoms with E-state index in [1.165, 1.54) is 0 Å². The lowest BCUT2D eigenvalue weighted by atomic mass is 9.89. The summed E-state index contributed by atoms with van der Waals surface area (Å²) in [5.74, 6) is 1.74. The summed E-state index contributed by atoms with van der Waals surface area (Å²) in [6, 6.07) is -0.232. The van der Waals surface area contributed by atoms with Gasteiger partial charge in [0.05, 0.1) is 6.04 Å². The summed E-state index contributed by atoms with van der Waals surface area (Å²) in [6.07, 6.45) is 3.63. The molecule has 0 saturated heterocycles. The van der Waals surface area contributed by atoms with Crippen molar-refractivity contribution in [2.24, 2.45) is 5.41 Å². The molecule has 1 aliphatic heterocycles. The lowest BCUT2D eigenvalue weighted by Gasteiger charge is -2.24. The van der Waals surface area contributed by atoms with Crippen molar-refractivity contribution < 1.29 is 9.90 Å². The number of urea groups is 1. The first-order chi connectivity index (χ1) is 10.4. The Bertz CT molecular complexity index is 512. The van der Waals surface area contributed by atoms with Gasteiger partial charge in [-0.15, -0.1) is 10.2 Å². The van der Waals surface area contributed by atoms with Crippen LogP contribution < -0.4 is 10.6 Å². The maximum atomic E-state index is 12.0. The summed E-state index contributed by atoms with van der Waals surface area (Å²) in [5, 5.41) is 23.3. The Morgan fingerprint density at radius 2 is 2.23 bits per heavy atom. The number of hydrogen-bond donors (Lipinski definition) is 3. The molecule has 2 rings (SSSR count). The Morgan fingerprint density at radius 1 is 1.45 bits per heavy atom. The summed E-state index contributed by atoms with van der Waals surface area (Å²) >= 11 is 0. The number of aliphatic hydroxyl groups is 1. The Kier molecular flexibility index (Phi) is 5.39. The van der Waals surface area contributed by atoms with Gasteiger partial charge in [-0.25, -0.2) is 4.79 Å². The normalized spacial score (nSPS) is 17.9. The summed E-state index contributed by atoms with van der Waals surface area (Å²) in [5.41, 5.74) is -0.0878. The molecule has 0 fully saturated rings. The molecule has 0 spiro atoms. The van der Waals surface area contributed by atoms with E-state index in [1.54, 1.807) is 0 Å². The summed E-state index contributed by atoms with van der Waals surface area (Å²) < 4.78 is 2.07. The van der Waals surface area contributed by atoms with Crippen molar-refractivity contribution in [3.05, 3.63) is 11.6 Å². The molecule has 124 valence electrons. The first-order valence-electron chi connectivity index (χ1n) is 7.98. The van der Waals surface area contributed by atoms with Crippen LogP contribution in [-0.4, -0.2) is 39.1 Å². The van der Waals surface area contributed by atoms with Gasteiger partial charge in [0.25, 0.3) is 0 Å². The molecule has 1 aromatic rings. The number of fused-ring (bicyclic) bond motifs is 1. The molecule has 7 heteroatoms. The third-order valence-electron chi connectivity index (χ3n) is 4.20. The smallest absolute Gasteiger partial charge is 0.315 e. The third-order valence-corrected chi connectivity index (χ3v) is 4.20. The van der Waals surface area contributed by atoms with Crippen molar-refractivity contribution in [2.75, 3.05) is 13.2 Å². The van der Waals surface area contributed by atoms with E-state index in [0.717, 1.165) is 43.9 Å². The highest BCUT2D eigenvalue weighted by atomic mass is 16.3. The van der Waals surface area contributed by atoms with Gasteiger partial charge in [0.2, 0.25) is 0 Å². The van der Waals surface area contributed by atoms with Crippen LogP contribution in [0, 0.1) is 12.3 Å². The predicted octanol–water partition coefficient (Wildman–Crippen LogP) is 1.52. The number of nitrogens with one attached hydrogen (secondary N) is 2. The highest BCUT2D eigenvalue weighted by molar-refractivity contribution is 5.74. The predicted molar refractivity (Wildman–Crippen MR) is 83.4 cm³/mol. The van der Waals surface area contributed by atoms with Crippen LogP contribution in [0.15, 0.2) is 0 Å². The number of aromatic nitrogens is 3. The number of aryl methyl sites for hydroxylation is 1. The van der Waals surface area contributed by atoms with Crippen LogP contribution >= 0.6 is 0 Å². The number of amides is 2. The molecular formula is C15H27N5O2. The highest BCUT2D eigenvalue weighted by Crippen LogP contribution is 2.24. The number of hydrogen-bond acceptors (Lipinski definition) is 4. The molecule has 2 heterocycles. The van der Waals surface area contributed by atoms with Gasteiger partial charge in [-0.3, -0.25) is 0 Å². The average Bonchev–Trinajstić information content (AvgIpc) is 2.87. The van der Waals surface area contributed by atoms with E-state index in [4.69, 9.17) is 0 Å². The fourth-order valence-corrected chi connectivity index (χ4v) is 2.71. The second-order valence-corrected chi connectivity index (χ2v) is 6.78. The van der Waals surface area contributed by atoms with Gasteiger partial charge in [-0.2, -0.15) is 0 Å². The van der Waals surface area contributed by atoms with Crippen LogP contribution in [0.2, 0.25) is 0 Å². The lowest BCUT2D eigenvalue weighted by molar-refractivity contribution is 0.148. The number of nitrogens with zero attached hydrogens (tertiary/aromatic N) is 3. The summed E-state index contributed by atoms with van der Waals surface area (Å²) in [7, 11) is 0. The maximum absolute atomic E-state index is 12.0. The first kappa shape index (κ1) is 16.7. The second-order valence-electron chi connectivity index (χ2n) is 6.78. The molecule has 22 heavy (non-hydrogen) atoms. The zero-order valence-electron chi connectivity index (χ0n) is 13.7. The van der Waals surface area contributed by atoms with E-state index >= 15 is 0 Å². The standard InChI is InChI=1S/C15H27N5O2/c1-11-18-19-13-12(6-4-9-20(11)13)17-14(22)16-8-5-7-15(2,3)10-21/h12,21H,4-10H2,1-3H3,(H2,16,17,22). The Balaban J connectivity index is 1.76. The number of carbonyl (C=O) groups excluding carboxylic acids is 1. The SMILES string of the molecule is Cc1nnc2n1CCCC2NC(=O)NCCCC(C)(C)CO. The lowest BCUT2D eigenvalue weighted by Crippen LogP contribution is -2.40. The van der Waals surface area contributed by atoms with Crippen molar-refractivity contribution in [1.29, 1.82) is 0 Å². The summed E-state index contributed by atoms with van der Waals surface area (Å²) in [4.78, 5) is 12.0. The monoisotopic (exact) mass is 309 g/mol. The van der Waals surface area contributed by atoms with Crippen LogP contribution in [0.5, 0.6) is 0 Å². The first-order valence-corrected chi connectivity index (χ1v) is 7.98. The molecular weight excluding hydrogens is 282 g/mol. The van der Waals surface area contributed by atoms with Gasteiger partial charge in [0, 0.05) is 19.7 Å². The quantitative estimate of drug-likeness (QED) is 0.695. The van der Waals surface area contributed by atoms with E-state index in [9.17, 15) is 9.90 Å². The van der Waals surface area contributed by atoms with Gasteiger partial charge in [-0.1, -0.05) is 13.8 Å². The second kappa shape index (κ2) is 7.09. The summed E-state index contributed by atoms with van der Waals surface area (Å²) in [6.45, 7) is 7.66. The van der Waals surface area contributed by atoms with Crippen LogP contribution in [0.4, 0.5) is 4.79 Å². The average molecular weight is 309 g/mol. The molecule has 2 amide bonds. The number of rotatable bonds is 6. The molecule has 0 saturated carbocycles. The molecule has 7 nitrogen and oxygen atoms in total. The van der Waals surface area contributed by atoms with Crippen molar-refractivity contribution in [1.82, 2.24) is 25.4 Å². The van der Waals surface area contributed by atoms with Gasteiger partial charge < -0.3 is 20.3 Å². The minimum absolute atomic E-state index is 0.0659. The van der Waals surface area contributed by atoms with Crippen LogP contribution in [-0.2, 0) is 6.54 Å². The zero-order valence-corrected chi connectivity index (χ0v) is 13.7. The Morgan fingerprint density at radius 3 is 2.95 bits per heavy atom. The number of aliphatic hydroxyl groups excluding tert-OH is 1. The Hall–Kier alpha value is -1.63. The Labute approximate surface area is 131 Å².